The fraction of sp³-hybridized carbons (Fsp3) is 0.0952. The zero-order valence-electron chi connectivity index (χ0n) is 16.5. The summed E-state index contributed by atoms with van der Waals surface area (Å²) in [6, 6.07) is 10.5. The van der Waals surface area contributed by atoms with Crippen molar-refractivity contribution in [3.8, 4) is 22.6 Å². The number of carbonyl (C=O) groups is 2. The average molecular weight is 464 g/mol. The Morgan fingerprint density at radius 2 is 1.45 bits per heavy atom. The van der Waals surface area contributed by atoms with Crippen molar-refractivity contribution in [2.24, 2.45) is 0 Å². The number of carboxylic acid groups (broad SMARTS) is 2. The van der Waals surface area contributed by atoms with Crippen LogP contribution in [0.15, 0.2) is 53.3 Å². The van der Waals surface area contributed by atoms with E-state index in [1.807, 2.05) is 4.98 Å². The average Bonchev–Trinajstić information content (AvgIpc) is 2.71. The molecule has 0 aliphatic carbocycles. The molecule has 0 amide bonds. The number of aromatic amines is 1. The minimum atomic E-state index is -4.81. The first-order valence-electron chi connectivity index (χ1n) is 9.06. The molecular formula is C21H15F3N2O7. The SMILES string of the molecule is Nc1[nH]c(=O)c(C(=O)O)c(-c2ccc(COc3ccc(OC(F)(F)F)cc3)cc2)c1C(=O)O. The number of nitrogens with two attached hydrogens (primary N) is 1. The Hall–Kier alpha value is -4.48. The van der Waals surface area contributed by atoms with Gasteiger partial charge in [0.05, 0.1) is 0 Å². The van der Waals surface area contributed by atoms with Crippen LogP contribution < -0.4 is 20.8 Å². The number of pyridine rings is 1. The molecule has 12 heteroatoms. The Bertz CT molecular complexity index is 1250. The van der Waals surface area contributed by atoms with Crippen LogP contribution in [0.1, 0.15) is 26.3 Å². The maximum absolute atomic E-state index is 12.2. The van der Waals surface area contributed by atoms with Crippen LogP contribution in [0.4, 0.5) is 19.0 Å². The van der Waals surface area contributed by atoms with Gasteiger partial charge in [0.25, 0.3) is 5.56 Å². The second kappa shape index (κ2) is 8.94. The number of aromatic carboxylic acids is 2. The number of carboxylic acids is 2. The number of ether oxygens (including phenoxy) is 2. The van der Waals surface area contributed by atoms with Crippen molar-refractivity contribution >= 4 is 17.8 Å². The molecule has 2 aromatic carbocycles. The summed E-state index contributed by atoms with van der Waals surface area (Å²) in [6.45, 7) is -0.00512. The largest absolute Gasteiger partial charge is 0.573 e. The van der Waals surface area contributed by atoms with Gasteiger partial charge in [-0.3, -0.25) is 4.79 Å². The molecule has 0 radical (unpaired) electrons. The number of nitrogen functional groups attached to an aromatic ring is 1. The highest BCUT2D eigenvalue weighted by atomic mass is 19.4. The van der Waals surface area contributed by atoms with Crippen molar-refractivity contribution in [2.75, 3.05) is 5.73 Å². The van der Waals surface area contributed by atoms with Crippen molar-refractivity contribution < 1.29 is 42.4 Å². The van der Waals surface area contributed by atoms with Crippen LogP contribution in [0, 0.1) is 0 Å². The third-order valence-corrected chi connectivity index (χ3v) is 4.38. The summed E-state index contributed by atoms with van der Waals surface area (Å²) in [5.41, 5.74) is 3.57. The molecular weight excluding hydrogens is 449 g/mol. The Kier molecular flexibility index (Phi) is 6.28. The van der Waals surface area contributed by atoms with Crippen molar-refractivity contribution in [3.63, 3.8) is 0 Å². The number of halogens is 3. The standard InChI is InChI=1S/C21H15F3N2O7/c22-21(23,24)33-13-7-5-12(6-8-13)32-9-10-1-3-11(4-2-10)14-15(19(28)29)17(25)26-18(27)16(14)20(30)31/h1-8H,9H2,(H,28,29)(H,30,31)(H3,25,26,27). The molecule has 1 aromatic heterocycles. The Morgan fingerprint density at radius 1 is 0.909 bits per heavy atom. The Balaban J connectivity index is 1.83. The van der Waals surface area contributed by atoms with Crippen LogP contribution in [0.25, 0.3) is 11.1 Å². The molecule has 3 rings (SSSR count). The number of hydrogen-bond acceptors (Lipinski definition) is 6. The molecule has 0 aliphatic heterocycles. The van der Waals surface area contributed by atoms with Gasteiger partial charge in [-0.2, -0.15) is 0 Å². The summed E-state index contributed by atoms with van der Waals surface area (Å²) in [7, 11) is 0. The lowest BCUT2D eigenvalue weighted by atomic mass is 9.95. The lowest BCUT2D eigenvalue weighted by Gasteiger charge is -2.13. The molecule has 0 fully saturated rings. The van der Waals surface area contributed by atoms with Gasteiger partial charge < -0.3 is 30.4 Å². The van der Waals surface area contributed by atoms with Crippen molar-refractivity contribution in [1.29, 1.82) is 0 Å². The Morgan fingerprint density at radius 3 is 1.97 bits per heavy atom. The maximum Gasteiger partial charge on any atom is 0.573 e. The van der Waals surface area contributed by atoms with Crippen molar-refractivity contribution in [1.82, 2.24) is 4.98 Å². The second-order valence-electron chi connectivity index (χ2n) is 6.61. The van der Waals surface area contributed by atoms with E-state index in [0.29, 0.717) is 5.56 Å². The number of alkyl halides is 3. The molecule has 1 heterocycles. The molecule has 5 N–H and O–H groups in total. The van der Waals surface area contributed by atoms with Gasteiger partial charge in [0.1, 0.15) is 35.1 Å². The molecule has 0 saturated heterocycles. The summed E-state index contributed by atoms with van der Waals surface area (Å²) in [5.74, 6) is -3.78. The summed E-state index contributed by atoms with van der Waals surface area (Å²) in [4.78, 5) is 37.3. The van der Waals surface area contributed by atoms with Gasteiger partial charge in [0.15, 0.2) is 0 Å². The minimum absolute atomic E-state index is 0.00512. The van der Waals surface area contributed by atoms with Gasteiger partial charge in [0.2, 0.25) is 0 Å². The molecule has 0 saturated carbocycles. The van der Waals surface area contributed by atoms with E-state index in [2.05, 4.69) is 4.74 Å². The molecule has 9 nitrogen and oxygen atoms in total. The first-order valence-corrected chi connectivity index (χ1v) is 9.06. The zero-order valence-corrected chi connectivity index (χ0v) is 16.5. The lowest BCUT2D eigenvalue weighted by Crippen LogP contribution is -2.24. The molecule has 0 unspecified atom stereocenters. The molecule has 172 valence electrons. The van der Waals surface area contributed by atoms with Gasteiger partial charge in [-0.05, 0) is 35.4 Å². The summed E-state index contributed by atoms with van der Waals surface area (Å²) < 4.78 is 45.9. The van der Waals surface area contributed by atoms with E-state index in [4.69, 9.17) is 10.5 Å². The molecule has 0 bridgehead atoms. The maximum atomic E-state index is 12.2. The molecule has 0 spiro atoms. The van der Waals surface area contributed by atoms with Gasteiger partial charge in [-0.25, -0.2) is 9.59 Å². The summed E-state index contributed by atoms with van der Waals surface area (Å²) in [6.07, 6.45) is -4.81. The highest BCUT2D eigenvalue weighted by molar-refractivity contribution is 6.07. The number of hydrogen-bond donors (Lipinski definition) is 4. The number of H-pyrrole nitrogens is 1. The summed E-state index contributed by atoms with van der Waals surface area (Å²) >= 11 is 0. The van der Waals surface area contributed by atoms with E-state index in [-0.39, 0.29) is 23.5 Å². The number of anilines is 1. The van der Waals surface area contributed by atoms with Crippen LogP contribution in [0.5, 0.6) is 11.5 Å². The van der Waals surface area contributed by atoms with E-state index in [1.54, 1.807) is 0 Å². The predicted octanol–water partition coefficient (Wildman–Crippen LogP) is 3.50. The smallest absolute Gasteiger partial charge is 0.489 e. The van der Waals surface area contributed by atoms with E-state index in [0.717, 1.165) is 12.1 Å². The van der Waals surface area contributed by atoms with Crippen LogP contribution in [-0.4, -0.2) is 33.5 Å². The first-order chi connectivity index (χ1) is 15.5. The highest BCUT2D eigenvalue weighted by Gasteiger charge is 2.31. The predicted molar refractivity (Wildman–Crippen MR) is 108 cm³/mol. The lowest BCUT2D eigenvalue weighted by molar-refractivity contribution is -0.274. The number of rotatable bonds is 7. The van der Waals surface area contributed by atoms with Crippen molar-refractivity contribution in [2.45, 2.75) is 13.0 Å². The third kappa shape index (κ3) is 5.42. The normalized spacial score (nSPS) is 11.1. The monoisotopic (exact) mass is 464 g/mol. The third-order valence-electron chi connectivity index (χ3n) is 4.38. The van der Waals surface area contributed by atoms with Gasteiger partial charge in [-0.15, -0.1) is 13.2 Å². The molecule has 33 heavy (non-hydrogen) atoms. The molecule has 3 aromatic rings. The fourth-order valence-electron chi connectivity index (χ4n) is 3.01. The highest BCUT2D eigenvalue weighted by Crippen LogP contribution is 2.30. The number of aromatic nitrogens is 1. The van der Waals surface area contributed by atoms with Crippen LogP contribution >= 0.6 is 0 Å². The minimum Gasteiger partial charge on any atom is -0.489 e. The molecule has 0 atom stereocenters. The van der Waals surface area contributed by atoms with E-state index in [9.17, 15) is 37.8 Å². The van der Waals surface area contributed by atoms with E-state index in [1.165, 1.54) is 36.4 Å². The van der Waals surface area contributed by atoms with Crippen LogP contribution in [0.2, 0.25) is 0 Å². The topological polar surface area (TPSA) is 152 Å². The van der Waals surface area contributed by atoms with E-state index < -0.39 is 46.6 Å². The number of benzene rings is 2. The van der Waals surface area contributed by atoms with Crippen molar-refractivity contribution in [3.05, 3.63) is 75.6 Å². The van der Waals surface area contributed by atoms with E-state index >= 15 is 0 Å². The zero-order chi connectivity index (χ0) is 24.3. The quantitative estimate of drug-likeness (QED) is 0.415. The van der Waals surface area contributed by atoms with Gasteiger partial charge >= 0.3 is 18.3 Å². The van der Waals surface area contributed by atoms with Crippen LogP contribution in [0.3, 0.4) is 0 Å². The Labute approximate surface area is 182 Å². The van der Waals surface area contributed by atoms with Gasteiger partial charge in [0, 0.05) is 5.56 Å². The summed E-state index contributed by atoms with van der Waals surface area (Å²) in [5, 5.41) is 18.9. The first kappa shape index (κ1) is 23.2. The second-order valence-corrected chi connectivity index (χ2v) is 6.61. The fourth-order valence-corrected chi connectivity index (χ4v) is 3.01. The van der Waals surface area contributed by atoms with Gasteiger partial charge in [-0.1, -0.05) is 24.3 Å². The number of nitrogens with one attached hydrogen (secondary N) is 1. The molecule has 0 aliphatic rings. The van der Waals surface area contributed by atoms with Crippen LogP contribution in [-0.2, 0) is 6.61 Å².